The van der Waals surface area contributed by atoms with Crippen LogP contribution in [0.3, 0.4) is 0 Å². The van der Waals surface area contributed by atoms with E-state index in [1.807, 2.05) is 0 Å². The third-order valence-corrected chi connectivity index (χ3v) is 3.56. The SMILES string of the molecule is CCOC(c1cc(S)c(N)c(CC)c1)(C(F)(F)F)C(F)(F)F. The van der Waals surface area contributed by atoms with Crippen molar-refractivity contribution in [2.75, 3.05) is 12.3 Å². The summed E-state index contributed by atoms with van der Waals surface area (Å²) in [5, 5.41) is 0. The third kappa shape index (κ3) is 3.01. The van der Waals surface area contributed by atoms with E-state index in [0.717, 1.165) is 13.0 Å². The highest BCUT2D eigenvalue weighted by Gasteiger charge is 2.73. The first-order chi connectivity index (χ1) is 9.92. The van der Waals surface area contributed by atoms with Crippen molar-refractivity contribution in [2.24, 2.45) is 0 Å². The van der Waals surface area contributed by atoms with E-state index in [4.69, 9.17) is 5.73 Å². The molecule has 1 aromatic carbocycles. The van der Waals surface area contributed by atoms with Crippen molar-refractivity contribution < 1.29 is 31.1 Å². The van der Waals surface area contributed by atoms with Gasteiger partial charge in [-0.3, -0.25) is 0 Å². The molecular formula is C13H15F6NOS. The fourth-order valence-electron chi connectivity index (χ4n) is 2.14. The highest BCUT2D eigenvalue weighted by Crippen LogP contribution is 2.53. The van der Waals surface area contributed by atoms with Crippen LogP contribution in [0.15, 0.2) is 17.0 Å². The molecule has 0 radical (unpaired) electrons. The molecule has 0 atom stereocenters. The molecular weight excluding hydrogens is 332 g/mol. The summed E-state index contributed by atoms with van der Waals surface area (Å²) >= 11 is 3.87. The molecule has 9 heteroatoms. The van der Waals surface area contributed by atoms with Gasteiger partial charge in [0.05, 0.1) is 0 Å². The maximum absolute atomic E-state index is 13.3. The van der Waals surface area contributed by atoms with Crippen LogP contribution in [0.5, 0.6) is 0 Å². The van der Waals surface area contributed by atoms with E-state index in [9.17, 15) is 26.3 Å². The molecule has 0 unspecified atom stereocenters. The summed E-state index contributed by atoms with van der Waals surface area (Å²) in [6.45, 7) is 1.85. The number of anilines is 1. The topological polar surface area (TPSA) is 35.2 Å². The van der Waals surface area contributed by atoms with Gasteiger partial charge in [0, 0.05) is 22.8 Å². The highest BCUT2D eigenvalue weighted by atomic mass is 32.1. The maximum Gasteiger partial charge on any atom is 0.430 e. The second-order valence-corrected chi connectivity index (χ2v) is 5.01. The molecule has 1 aromatic rings. The zero-order valence-corrected chi connectivity index (χ0v) is 12.7. The van der Waals surface area contributed by atoms with Crippen LogP contribution in [0.2, 0.25) is 0 Å². The summed E-state index contributed by atoms with van der Waals surface area (Å²) < 4.78 is 84.1. The Morgan fingerprint density at radius 3 is 1.91 bits per heavy atom. The normalized spacial score (nSPS) is 13.5. The number of ether oxygens (including phenoxy) is 1. The van der Waals surface area contributed by atoms with Crippen LogP contribution in [0.25, 0.3) is 0 Å². The van der Waals surface area contributed by atoms with Crippen LogP contribution in [0.1, 0.15) is 25.0 Å². The Balaban J connectivity index is 3.76. The summed E-state index contributed by atoms with van der Waals surface area (Å²) in [5.41, 5.74) is 0.311. The predicted molar refractivity (Wildman–Crippen MR) is 72.9 cm³/mol. The maximum atomic E-state index is 13.3. The Labute approximate surface area is 129 Å². The number of alkyl halides is 6. The van der Waals surface area contributed by atoms with Crippen molar-refractivity contribution in [3.63, 3.8) is 0 Å². The number of aryl methyl sites for hydroxylation is 1. The molecule has 0 saturated heterocycles. The van der Waals surface area contributed by atoms with Crippen LogP contribution in [0, 0.1) is 0 Å². The van der Waals surface area contributed by atoms with Crippen LogP contribution in [0.4, 0.5) is 32.0 Å². The summed E-state index contributed by atoms with van der Waals surface area (Å²) in [4.78, 5) is -0.160. The minimum Gasteiger partial charge on any atom is -0.398 e. The molecule has 0 amide bonds. The van der Waals surface area contributed by atoms with Gasteiger partial charge in [-0.15, -0.1) is 12.6 Å². The van der Waals surface area contributed by atoms with E-state index in [-0.39, 0.29) is 22.6 Å². The summed E-state index contributed by atoms with van der Waals surface area (Å²) in [6, 6.07) is 1.42. The van der Waals surface area contributed by atoms with E-state index in [2.05, 4.69) is 17.4 Å². The van der Waals surface area contributed by atoms with Gasteiger partial charge in [0.1, 0.15) is 0 Å². The first-order valence-corrected chi connectivity index (χ1v) is 6.76. The third-order valence-electron chi connectivity index (χ3n) is 3.19. The molecule has 0 fully saturated rings. The number of rotatable bonds is 4. The molecule has 0 bridgehead atoms. The van der Waals surface area contributed by atoms with Crippen molar-refractivity contribution in [2.45, 2.75) is 43.1 Å². The minimum absolute atomic E-state index is 0.0457. The van der Waals surface area contributed by atoms with Crippen LogP contribution < -0.4 is 5.73 Å². The second-order valence-electron chi connectivity index (χ2n) is 4.53. The fraction of sp³-hybridized carbons (Fsp3) is 0.538. The van der Waals surface area contributed by atoms with Gasteiger partial charge in [-0.25, -0.2) is 0 Å². The quantitative estimate of drug-likeness (QED) is 0.479. The van der Waals surface area contributed by atoms with E-state index < -0.39 is 30.1 Å². The van der Waals surface area contributed by atoms with Gasteiger partial charge in [-0.1, -0.05) is 13.0 Å². The second kappa shape index (κ2) is 6.19. The van der Waals surface area contributed by atoms with E-state index in [1.54, 1.807) is 6.92 Å². The average Bonchev–Trinajstić information content (AvgIpc) is 2.36. The Hall–Kier alpha value is -1.09. The first kappa shape index (κ1) is 19.0. The Morgan fingerprint density at radius 2 is 1.55 bits per heavy atom. The lowest BCUT2D eigenvalue weighted by molar-refractivity contribution is -0.388. The first-order valence-electron chi connectivity index (χ1n) is 6.31. The molecule has 0 aliphatic carbocycles. The van der Waals surface area contributed by atoms with Crippen LogP contribution >= 0.6 is 12.6 Å². The molecule has 1 rings (SSSR count). The number of halogens is 6. The molecule has 2 nitrogen and oxygen atoms in total. The van der Waals surface area contributed by atoms with Crippen LogP contribution in [-0.4, -0.2) is 19.0 Å². The smallest absolute Gasteiger partial charge is 0.398 e. The molecule has 126 valence electrons. The fourth-order valence-corrected chi connectivity index (χ4v) is 2.43. The van der Waals surface area contributed by atoms with Gasteiger partial charge >= 0.3 is 12.4 Å². The van der Waals surface area contributed by atoms with Gasteiger partial charge in [0.2, 0.25) is 0 Å². The van der Waals surface area contributed by atoms with Gasteiger partial charge < -0.3 is 10.5 Å². The number of thiol groups is 1. The summed E-state index contributed by atoms with van der Waals surface area (Å²) in [5.74, 6) is 0. The Bertz CT molecular complexity index is 527. The number of nitrogens with two attached hydrogens (primary N) is 1. The predicted octanol–water partition coefficient (Wildman–Crippen LogP) is 4.48. The van der Waals surface area contributed by atoms with Crippen molar-refractivity contribution in [1.82, 2.24) is 0 Å². The largest absolute Gasteiger partial charge is 0.430 e. The Morgan fingerprint density at radius 1 is 1.05 bits per heavy atom. The van der Waals surface area contributed by atoms with Gasteiger partial charge in [0.15, 0.2) is 0 Å². The summed E-state index contributed by atoms with van der Waals surface area (Å²) in [6.07, 6.45) is -11.2. The minimum atomic E-state index is -5.69. The van der Waals surface area contributed by atoms with Crippen molar-refractivity contribution in [1.29, 1.82) is 0 Å². The van der Waals surface area contributed by atoms with Gasteiger partial charge in [0.25, 0.3) is 5.60 Å². The average molecular weight is 347 g/mol. The number of benzene rings is 1. The van der Waals surface area contributed by atoms with Gasteiger partial charge in [-0.2, -0.15) is 26.3 Å². The number of nitrogen functional groups attached to an aromatic ring is 1. The zero-order valence-electron chi connectivity index (χ0n) is 11.8. The van der Waals surface area contributed by atoms with Gasteiger partial charge in [-0.05, 0) is 25.0 Å². The zero-order chi connectivity index (χ0) is 17.3. The van der Waals surface area contributed by atoms with Crippen molar-refractivity contribution >= 4 is 18.3 Å². The van der Waals surface area contributed by atoms with E-state index >= 15 is 0 Å². The number of hydrogen-bond donors (Lipinski definition) is 2. The lowest BCUT2D eigenvalue weighted by atomic mass is 9.89. The molecule has 22 heavy (non-hydrogen) atoms. The lowest BCUT2D eigenvalue weighted by Crippen LogP contribution is -2.56. The summed E-state index contributed by atoms with van der Waals surface area (Å²) in [7, 11) is 0. The lowest BCUT2D eigenvalue weighted by Gasteiger charge is -2.37. The van der Waals surface area contributed by atoms with Crippen molar-refractivity contribution in [3.8, 4) is 0 Å². The molecule has 0 spiro atoms. The molecule has 0 aromatic heterocycles. The molecule has 0 aliphatic rings. The van der Waals surface area contributed by atoms with Crippen LogP contribution in [-0.2, 0) is 16.8 Å². The molecule has 0 heterocycles. The molecule has 0 saturated carbocycles. The van der Waals surface area contributed by atoms with E-state index in [0.29, 0.717) is 6.07 Å². The molecule has 0 aliphatic heterocycles. The highest BCUT2D eigenvalue weighted by molar-refractivity contribution is 7.80. The standard InChI is InChI=1S/C13H15F6NOS/c1-3-7-5-8(6-9(22)10(7)20)11(21-4-2,12(14,15)16)13(17,18)19/h5-6,22H,3-4,20H2,1-2H3. The number of hydrogen-bond acceptors (Lipinski definition) is 3. The Kier molecular flexibility index (Phi) is 5.34. The van der Waals surface area contributed by atoms with Crippen molar-refractivity contribution in [3.05, 3.63) is 23.3 Å². The monoisotopic (exact) mass is 347 g/mol. The molecule has 2 N–H and O–H groups in total. The van der Waals surface area contributed by atoms with E-state index in [1.165, 1.54) is 0 Å².